The van der Waals surface area contributed by atoms with Crippen molar-refractivity contribution in [3.8, 4) is 11.5 Å². The minimum atomic E-state index is -0.762. The number of amides is 3. The van der Waals surface area contributed by atoms with Crippen molar-refractivity contribution in [3.63, 3.8) is 0 Å². The number of likely N-dealkylation sites (tertiary alicyclic amines) is 1. The SMILES string of the molecule is COc1ccc(C(=O)N(Cc2cccc(OC)c2)C2CC(C(=O)N3CCNCC3)N(C(=O)c3ccc(F)cc3)C2)cc1. The van der Waals surface area contributed by atoms with Crippen molar-refractivity contribution in [3.05, 3.63) is 95.3 Å². The molecule has 5 rings (SSSR count). The predicted octanol–water partition coefficient (Wildman–Crippen LogP) is 3.20. The second kappa shape index (κ2) is 13.0. The number of ether oxygens (including phenoxy) is 2. The summed E-state index contributed by atoms with van der Waals surface area (Å²) in [6.07, 6.45) is 0.279. The first-order valence-corrected chi connectivity index (χ1v) is 14.0. The van der Waals surface area contributed by atoms with Crippen LogP contribution in [0.15, 0.2) is 72.8 Å². The van der Waals surface area contributed by atoms with Crippen LogP contribution in [0.1, 0.15) is 32.7 Å². The van der Waals surface area contributed by atoms with Gasteiger partial charge < -0.3 is 29.5 Å². The fourth-order valence-electron chi connectivity index (χ4n) is 5.59. The number of hydrogen-bond acceptors (Lipinski definition) is 6. The second-order valence-electron chi connectivity index (χ2n) is 10.5. The average Bonchev–Trinajstić information content (AvgIpc) is 3.48. The normalized spacial score (nSPS) is 18.5. The predicted molar refractivity (Wildman–Crippen MR) is 155 cm³/mol. The van der Waals surface area contributed by atoms with E-state index < -0.39 is 17.9 Å². The van der Waals surface area contributed by atoms with Crippen molar-refractivity contribution >= 4 is 17.7 Å². The molecule has 2 aliphatic rings. The summed E-state index contributed by atoms with van der Waals surface area (Å²) in [6, 6.07) is 18.5. The Kier molecular flexibility index (Phi) is 9.02. The number of piperazine rings is 1. The summed E-state index contributed by atoms with van der Waals surface area (Å²) >= 11 is 0. The highest BCUT2D eigenvalue weighted by Crippen LogP contribution is 2.29. The molecule has 1 N–H and O–H groups in total. The van der Waals surface area contributed by atoms with Gasteiger partial charge in [-0.05, 0) is 72.6 Å². The first kappa shape index (κ1) is 29.1. The summed E-state index contributed by atoms with van der Waals surface area (Å²) in [7, 11) is 3.15. The fourth-order valence-corrected chi connectivity index (χ4v) is 5.59. The van der Waals surface area contributed by atoms with Crippen LogP contribution in [0.25, 0.3) is 0 Å². The molecule has 2 aliphatic heterocycles. The number of carbonyl (C=O) groups excluding carboxylic acids is 3. The first-order valence-electron chi connectivity index (χ1n) is 14.0. The molecular weight excluding hydrogens is 539 g/mol. The van der Waals surface area contributed by atoms with E-state index in [2.05, 4.69) is 5.32 Å². The summed E-state index contributed by atoms with van der Waals surface area (Å²) < 4.78 is 24.3. The maximum Gasteiger partial charge on any atom is 0.254 e. The van der Waals surface area contributed by atoms with Crippen LogP contribution < -0.4 is 14.8 Å². The molecule has 0 aliphatic carbocycles. The Morgan fingerprint density at radius 2 is 1.57 bits per heavy atom. The molecule has 42 heavy (non-hydrogen) atoms. The summed E-state index contributed by atoms with van der Waals surface area (Å²) in [5.41, 5.74) is 1.60. The third-order valence-electron chi connectivity index (χ3n) is 7.87. The Hall–Kier alpha value is -4.44. The Bertz CT molecular complexity index is 1410. The molecule has 0 spiro atoms. The Morgan fingerprint density at radius 1 is 0.905 bits per heavy atom. The lowest BCUT2D eigenvalue weighted by molar-refractivity contribution is -0.135. The minimum Gasteiger partial charge on any atom is -0.497 e. The minimum absolute atomic E-state index is 0.146. The molecule has 220 valence electrons. The van der Waals surface area contributed by atoms with Crippen LogP contribution in [-0.4, -0.2) is 91.4 Å². The number of methoxy groups -OCH3 is 2. The lowest BCUT2D eigenvalue weighted by Crippen LogP contribution is -2.53. The molecule has 0 bridgehead atoms. The summed E-state index contributed by atoms with van der Waals surface area (Å²) in [5, 5.41) is 3.25. The average molecular weight is 575 g/mol. The maximum absolute atomic E-state index is 14.1. The van der Waals surface area contributed by atoms with Gasteiger partial charge in [-0.25, -0.2) is 4.39 Å². The molecule has 2 unspecified atom stereocenters. The van der Waals surface area contributed by atoms with E-state index in [0.29, 0.717) is 43.2 Å². The molecule has 9 nitrogen and oxygen atoms in total. The second-order valence-corrected chi connectivity index (χ2v) is 10.5. The Morgan fingerprint density at radius 3 is 2.24 bits per heavy atom. The molecule has 0 radical (unpaired) electrons. The number of benzene rings is 3. The maximum atomic E-state index is 14.1. The number of nitrogens with zero attached hydrogens (tertiary/aromatic N) is 3. The van der Waals surface area contributed by atoms with Gasteiger partial charge in [0.05, 0.1) is 20.3 Å². The number of nitrogens with one attached hydrogen (secondary N) is 1. The topological polar surface area (TPSA) is 91.4 Å². The summed E-state index contributed by atoms with van der Waals surface area (Å²) in [4.78, 5) is 46.7. The van der Waals surface area contributed by atoms with Crippen LogP contribution in [0.3, 0.4) is 0 Å². The van der Waals surface area contributed by atoms with E-state index in [1.165, 1.54) is 24.3 Å². The van der Waals surface area contributed by atoms with Crippen LogP contribution >= 0.6 is 0 Å². The zero-order valence-electron chi connectivity index (χ0n) is 23.8. The molecule has 3 aromatic rings. The zero-order valence-corrected chi connectivity index (χ0v) is 23.8. The van der Waals surface area contributed by atoms with Crippen LogP contribution in [-0.2, 0) is 11.3 Å². The highest BCUT2D eigenvalue weighted by atomic mass is 19.1. The van der Waals surface area contributed by atoms with Gasteiger partial charge in [-0.3, -0.25) is 14.4 Å². The van der Waals surface area contributed by atoms with Gasteiger partial charge in [-0.15, -0.1) is 0 Å². The molecule has 0 aromatic heterocycles. The number of halogens is 1. The van der Waals surface area contributed by atoms with E-state index in [1.807, 2.05) is 24.3 Å². The van der Waals surface area contributed by atoms with Gasteiger partial charge in [0.1, 0.15) is 23.4 Å². The van der Waals surface area contributed by atoms with Crippen LogP contribution in [0, 0.1) is 5.82 Å². The zero-order chi connectivity index (χ0) is 29.6. The molecule has 2 fully saturated rings. The standard InChI is InChI=1S/C32H35FN4O5/c1-41-27-12-8-24(9-13-27)30(38)36(20-22-4-3-5-28(18-22)42-2)26-19-29(32(40)35-16-14-34-15-17-35)37(21-26)31(39)23-6-10-25(33)11-7-23/h3-13,18,26,29,34H,14-17,19-21H2,1-2H3. The molecule has 3 aromatic carbocycles. The van der Waals surface area contributed by atoms with Crippen LogP contribution in [0.2, 0.25) is 0 Å². The smallest absolute Gasteiger partial charge is 0.254 e. The van der Waals surface area contributed by atoms with Gasteiger partial charge in [0, 0.05) is 50.4 Å². The molecular formula is C32H35FN4O5. The van der Waals surface area contributed by atoms with Gasteiger partial charge in [0.25, 0.3) is 11.8 Å². The lowest BCUT2D eigenvalue weighted by Gasteiger charge is -2.32. The highest BCUT2D eigenvalue weighted by molar-refractivity contribution is 5.99. The fraction of sp³-hybridized carbons (Fsp3) is 0.344. The van der Waals surface area contributed by atoms with Crippen molar-refractivity contribution in [2.45, 2.75) is 25.0 Å². The van der Waals surface area contributed by atoms with Crippen molar-refractivity contribution in [1.29, 1.82) is 0 Å². The van der Waals surface area contributed by atoms with Crippen molar-refractivity contribution in [2.75, 3.05) is 46.9 Å². The molecule has 2 saturated heterocycles. The van der Waals surface area contributed by atoms with E-state index in [1.54, 1.807) is 53.2 Å². The molecule has 10 heteroatoms. The van der Waals surface area contributed by atoms with Gasteiger partial charge >= 0.3 is 0 Å². The molecule has 0 saturated carbocycles. The third kappa shape index (κ3) is 6.38. The van der Waals surface area contributed by atoms with Crippen LogP contribution in [0.4, 0.5) is 4.39 Å². The largest absolute Gasteiger partial charge is 0.497 e. The Labute approximate surface area is 244 Å². The van der Waals surface area contributed by atoms with Gasteiger partial charge in [-0.1, -0.05) is 12.1 Å². The molecule has 2 atom stereocenters. The van der Waals surface area contributed by atoms with Crippen molar-refractivity contribution in [2.24, 2.45) is 0 Å². The Balaban J connectivity index is 1.49. The quantitative estimate of drug-likeness (QED) is 0.445. The summed E-state index contributed by atoms with van der Waals surface area (Å²) in [5.74, 6) is 0.0980. The van der Waals surface area contributed by atoms with Crippen LogP contribution in [0.5, 0.6) is 11.5 Å². The molecule has 3 amide bonds. The van der Waals surface area contributed by atoms with E-state index in [0.717, 1.165) is 5.56 Å². The first-order chi connectivity index (χ1) is 20.4. The van der Waals surface area contributed by atoms with Crippen molar-refractivity contribution < 1.29 is 28.2 Å². The van der Waals surface area contributed by atoms with E-state index in [-0.39, 0.29) is 42.8 Å². The highest BCUT2D eigenvalue weighted by Gasteiger charge is 2.45. The molecule has 2 heterocycles. The van der Waals surface area contributed by atoms with E-state index in [9.17, 15) is 18.8 Å². The third-order valence-corrected chi connectivity index (χ3v) is 7.87. The lowest BCUT2D eigenvalue weighted by atomic mass is 10.1. The van der Waals surface area contributed by atoms with Gasteiger partial charge in [0.15, 0.2) is 0 Å². The monoisotopic (exact) mass is 574 g/mol. The number of rotatable bonds is 8. The van der Waals surface area contributed by atoms with Gasteiger partial charge in [-0.2, -0.15) is 0 Å². The van der Waals surface area contributed by atoms with Crippen molar-refractivity contribution in [1.82, 2.24) is 20.0 Å². The number of carbonyl (C=O) groups is 3. The van der Waals surface area contributed by atoms with E-state index in [4.69, 9.17) is 9.47 Å². The van der Waals surface area contributed by atoms with Gasteiger partial charge in [0.2, 0.25) is 5.91 Å². The van der Waals surface area contributed by atoms with E-state index >= 15 is 0 Å². The summed E-state index contributed by atoms with van der Waals surface area (Å²) in [6.45, 7) is 2.83. The number of hydrogen-bond donors (Lipinski definition) is 1.